The number of carbonyl (C=O) groups is 1. The van der Waals surface area contributed by atoms with Gasteiger partial charge in [0.15, 0.2) is 0 Å². The van der Waals surface area contributed by atoms with Crippen molar-refractivity contribution < 1.29 is 17.9 Å². The second-order valence-electron chi connectivity index (χ2n) is 5.10. The van der Waals surface area contributed by atoms with Crippen LogP contribution in [-0.2, 0) is 21.8 Å². The zero-order chi connectivity index (χ0) is 17.4. The number of nitrogens with zero attached hydrogens (tertiary/aromatic N) is 1. The summed E-state index contributed by atoms with van der Waals surface area (Å²) in [5.41, 5.74) is 1.78. The van der Waals surface area contributed by atoms with Crippen molar-refractivity contribution in [3.05, 3.63) is 46.2 Å². The van der Waals surface area contributed by atoms with Crippen LogP contribution in [0.5, 0.6) is 0 Å². The predicted octanol–water partition coefficient (Wildman–Crippen LogP) is 2.88. The maximum atomic E-state index is 12.6. The molecule has 2 aromatic rings. The van der Waals surface area contributed by atoms with Gasteiger partial charge in [-0.25, -0.2) is 13.2 Å². The molecule has 0 aliphatic rings. The van der Waals surface area contributed by atoms with Gasteiger partial charge in [0, 0.05) is 17.8 Å². The molecule has 0 radical (unpaired) electrons. The van der Waals surface area contributed by atoms with Crippen LogP contribution in [0.1, 0.15) is 21.7 Å². The SMILES string of the molecule is COC(=O)c1cc(S(=O)(=O)Nc2ccc(C)c(Cl)c2)c(C)n1C. The second-order valence-corrected chi connectivity index (χ2v) is 7.16. The molecule has 1 heterocycles. The van der Waals surface area contributed by atoms with Gasteiger partial charge in [0.25, 0.3) is 10.0 Å². The van der Waals surface area contributed by atoms with Crippen molar-refractivity contribution in [2.24, 2.45) is 7.05 Å². The van der Waals surface area contributed by atoms with Crippen molar-refractivity contribution in [2.75, 3.05) is 11.8 Å². The van der Waals surface area contributed by atoms with Crippen molar-refractivity contribution in [1.82, 2.24) is 4.57 Å². The van der Waals surface area contributed by atoms with Crippen LogP contribution >= 0.6 is 11.6 Å². The molecule has 0 unspecified atom stereocenters. The molecule has 0 amide bonds. The van der Waals surface area contributed by atoms with Crippen LogP contribution in [0.4, 0.5) is 5.69 Å². The van der Waals surface area contributed by atoms with E-state index in [4.69, 9.17) is 11.6 Å². The Morgan fingerprint density at radius 2 is 1.91 bits per heavy atom. The molecule has 0 aliphatic carbocycles. The van der Waals surface area contributed by atoms with Gasteiger partial charge in [-0.15, -0.1) is 0 Å². The van der Waals surface area contributed by atoms with E-state index < -0.39 is 16.0 Å². The average molecular weight is 357 g/mol. The lowest BCUT2D eigenvalue weighted by molar-refractivity contribution is 0.0589. The highest BCUT2D eigenvalue weighted by molar-refractivity contribution is 7.92. The third-order valence-electron chi connectivity index (χ3n) is 3.60. The smallest absolute Gasteiger partial charge is 0.354 e. The molecule has 0 bridgehead atoms. The van der Waals surface area contributed by atoms with Gasteiger partial charge in [-0.3, -0.25) is 4.72 Å². The first kappa shape index (κ1) is 17.4. The first-order chi connectivity index (χ1) is 10.7. The molecule has 8 heteroatoms. The number of hydrogen-bond acceptors (Lipinski definition) is 4. The van der Waals surface area contributed by atoms with E-state index in [1.807, 2.05) is 6.92 Å². The summed E-state index contributed by atoms with van der Waals surface area (Å²) < 4.78 is 33.7. The summed E-state index contributed by atoms with van der Waals surface area (Å²) in [6.07, 6.45) is 0. The zero-order valence-corrected chi connectivity index (χ0v) is 14.7. The fraction of sp³-hybridized carbons (Fsp3) is 0.267. The quantitative estimate of drug-likeness (QED) is 0.854. The zero-order valence-electron chi connectivity index (χ0n) is 13.2. The highest BCUT2D eigenvalue weighted by atomic mass is 35.5. The number of hydrogen-bond donors (Lipinski definition) is 1. The Hall–Kier alpha value is -1.99. The lowest BCUT2D eigenvalue weighted by Gasteiger charge is -2.09. The second kappa shape index (κ2) is 6.25. The van der Waals surface area contributed by atoms with E-state index in [0.717, 1.165) is 5.56 Å². The number of halogens is 1. The monoisotopic (exact) mass is 356 g/mol. The molecule has 0 saturated heterocycles. The van der Waals surface area contributed by atoms with Crippen LogP contribution in [0.15, 0.2) is 29.2 Å². The number of rotatable bonds is 4. The summed E-state index contributed by atoms with van der Waals surface area (Å²) in [5, 5.41) is 0.463. The Morgan fingerprint density at radius 1 is 1.26 bits per heavy atom. The molecular weight excluding hydrogens is 340 g/mol. The summed E-state index contributed by atoms with van der Waals surface area (Å²) >= 11 is 6.01. The molecule has 1 N–H and O–H groups in total. The summed E-state index contributed by atoms with van der Waals surface area (Å²) in [5.74, 6) is -0.601. The lowest BCUT2D eigenvalue weighted by atomic mass is 10.2. The maximum absolute atomic E-state index is 12.6. The van der Waals surface area contributed by atoms with E-state index in [9.17, 15) is 13.2 Å². The van der Waals surface area contributed by atoms with E-state index >= 15 is 0 Å². The van der Waals surface area contributed by atoms with E-state index in [1.54, 1.807) is 26.1 Å². The van der Waals surface area contributed by atoms with Crippen LogP contribution < -0.4 is 4.72 Å². The molecule has 0 aliphatic heterocycles. The van der Waals surface area contributed by atoms with Gasteiger partial charge in [-0.1, -0.05) is 17.7 Å². The molecule has 1 aromatic carbocycles. The van der Waals surface area contributed by atoms with Gasteiger partial charge >= 0.3 is 5.97 Å². The molecule has 6 nitrogen and oxygen atoms in total. The van der Waals surface area contributed by atoms with E-state index in [-0.39, 0.29) is 10.6 Å². The Bertz CT molecular complexity index is 872. The number of benzene rings is 1. The number of aromatic nitrogens is 1. The fourth-order valence-electron chi connectivity index (χ4n) is 2.11. The van der Waals surface area contributed by atoms with Crippen LogP contribution in [0.3, 0.4) is 0 Å². The normalized spacial score (nSPS) is 11.3. The molecule has 1 aromatic heterocycles. The topological polar surface area (TPSA) is 77.4 Å². The van der Waals surface area contributed by atoms with Gasteiger partial charge in [0.05, 0.1) is 12.8 Å². The van der Waals surface area contributed by atoms with Gasteiger partial charge in [-0.2, -0.15) is 0 Å². The Labute approximate surface area is 140 Å². The predicted molar refractivity (Wildman–Crippen MR) is 88.5 cm³/mol. The minimum absolute atomic E-state index is 0.0112. The summed E-state index contributed by atoms with van der Waals surface area (Å²) in [7, 11) is -1.01. The molecule has 0 atom stereocenters. The van der Waals surface area contributed by atoms with Crippen molar-refractivity contribution >= 4 is 33.3 Å². The van der Waals surface area contributed by atoms with Gasteiger partial charge in [0.2, 0.25) is 0 Å². The minimum Gasteiger partial charge on any atom is -0.464 e. The maximum Gasteiger partial charge on any atom is 0.354 e. The molecule has 0 spiro atoms. The molecule has 2 rings (SSSR count). The van der Waals surface area contributed by atoms with Crippen molar-refractivity contribution in [1.29, 1.82) is 0 Å². The number of ether oxygens (including phenoxy) is 1. The number of sulfonamides is 1. The largest absolute Gasteiger partial charge is 0.464 e. The lowest BCUT2D eigenvalue weighted by Crippen LogP contribution is -2.14. The van der Waals surface area contributed by atoms with Crippen molar-refractivity contribution in [3.8, 4) is 0 Å². The fourth-order valence-corrected chi connectivity index (χ4v) is 3.63. The van der Waals surface area contributed by atoms with Crippen LogP contribution in [-0.4, -0.2) is 26.1 Å². The molecule has 124 valence electrons. The minimum atomic E-state index is -3.85. The van der Waals surface area contributed by atoms with Gasteiger partial charge in [-0.05, 0) is 37.6 Å². The van der Waals surface area contributed by atoms with E-state index in [2.05, 4.69) is 9.46 Å². The molecule has 0 saturated carbocycles. The summed E-state index contributed by atoms with van der Waals surface area (Å²) in [6, 6.07) is 6.17. The van der Waals surface area contributed by atoms with E-state index in [1.165, 1.54) is 23.8 Å². The van der Waals surface area contributed by atoms with Crippen LogP contribution in [0.25, 0.3) is 0 Å². The Kier molecular flexibility index (Phi) is 4.72. The third-order valence-corrected chi connectivity index (χ3v) is 5.50. The van der Waals surface area contributed by atoms with Gasteiger partial charge < -0.3 is 9.30 Å². The number of esters is 1. The molecule has 0 fully saturated rings. The Balaban J connectivity index is 2.44. The van der Waals surface area contributed by atoms with Crippen molar-refractivity contribution in [3.63, 3.8) is 0 Å². The van der Waals surface area contributed by atoms with Crippen LogP contribution in [0, 0.1) is 13.8 Å². The molecule has 23 heavy (non-hydrogen) atoms. The first-order valence-electron chi connectivity index (χ1n) is 6.71. The number of nitrogens with one attached hydrogen (secondary N) is 1. The van der Waals surface area contributed by atoms with Crippen molar-refractivity contribution in [2.45, 2.75) is 18.7 Å². The molecular formula is C15H17ClN2O4S. The average Bonchev–Trinajstić information content (AvgIpc) is 2.79. The standard InChI is InChI=1S/C15H17ClN2O4S/c1-9-5-6-11(7-12(9)16)17-23(20,21)14-8-13(15(19)22-4)18(3)10(14)2/h5-8,17H,1-4H3. The summed E-state index contributed by atoms with van der Waals surface area (Å²) in [6.45, 7) is 3.44. The van der Waals surface area contributed by atoms with Crippen LogP contribution in [0.2, 0.25) is 5.02 Å². The number of methoxy groups -OCH3 is 1. The highest BCUT2D eigenvalue weighted by Gasteiger charge is 2.24. The number of carbonyl (C=O) groups excluding carboxylic acids is 1. The third kappa shape index (κ3) is 3.35. The Morgan fingerprint density at radius 3 is 2.48 bits per heavy atom. The number of aryl methyl sites for hydroxylation is 1. The number of anilines is 1. The van der Waals surface area contributed by atoms with Gasteiger partial charge in [0.1, 0.15) is 10.6 Å². The first-order valence-corrected chi connectivity index (χ1v) is 8.57. The summed E-state index contributed by atoms with van der Waals surface area (Å²) in [4.78, 5) is 11.7. The van der Waals surface area contributed by atoms with E-state index in [0.29, 0.717) is 16.4 Å². The highest BCUT2D eigenvalue weighted by Crippen LogP contribution is 2.25.